The van der Waals surface area contributed by atoms with Crippen LogP contribution in [-0.4, -0.2) is 32.8 Å². The lowest BCUT2D eigenvalue weighted by atomic mass is 10.2. The molecule has 0 unspecified atom stereocenters. The van der Waals surface area contributed by atoms with E-state index in [4.69, 9.17) is 27.9 Å². The first kappa shape index (κ1) is 19.2. The summed E-state index contributed by atoms with van der Waals surface area (Å²) in [6.45, 7) is 0. The van der Waals surface area contributed by atoms with Crippen molar-refractivity contribution >= 4 is 55.1 Å². The second-order valence-electron chi connectivity index (χ2n) is 4.87. The molecular weight excluding hydrogens is 441 g/mol. The van der Waals surface area contributed by atoms with Crippen LogP contribution >= 0.6 is 39.1 Å². The number of carbonyl (C=O) groups is 1. The maximum Gasteiger partial charge on any atom is 0.343 e. The Bertz CT molecular complexity index is 900. The van der Waals surface area contributed by atoms with Crippen molar-refractivity contribution in [3.8, 4) is 5.75 Å². The van der Waals surface area contributed by atoms with E-state index < -0.39 is 16.0 Å². The van der Waals surface area contributed by atoms with Crippen molar-refractivity contribution in [3.05, 3.63) is 56.5 Å². The van der Waals surface area contributed by atoms with Gasteiger partial charge in [0.1, 0.15) is 5.02 Å². The molecule has 24 heavy (non-hydrogen) atoms. The lowest BCUT2D eigenvalue weighted by Crippen LogP contribution is -2.23. The predicted molar refractivity (Wildman–Crippen MR) is 96.4 cm³/mol. The third-order valence-electron chi connectivity index (χ3n) is 3.04. The van der Waals surface area contributed by atoms with Gasteiger partial charge in [-0.3, -0.25) is 0 Å². The highest BCUT2D eigenvalue weighted by atomic mass is 79.9. The van der Waals surface area contributed by atoms with E-state index in [1.807, 2.05) is 0 Å². The maximum absolute atomic E-state index is 12.3. The normalized spacial score (nSPS) is 11.6. The second-order valence-corrected chi connectivity index (χ2v) is 8.63. The zero-order valence-corrected chi connectivity index (χ0v) is 16.5. The summed E-state index contributed by atoms with van der Waals surface area (Å²) >= 11 is 15.0. The summed E-state index contributed by atoms with van der Waals surface area (Å²) < 4.78 is 31.2. The lowest BCUT2D eigenvalue weighted by Gasteiger charge is -2.14. The monoisotopic (exact) mass is 451 g/mol. The SMILES string of the molecule is CN(C)S(=O)(=O)c1cc(C(=O)Oc2cccc(Cl)c2Cl)ccc1Br. The van der Waals surface area contributed by atoms with Gasteiger partial charge < -0.3 is 4.74 Å². The molecule has 0 bridgehead atoms. The number of benzene rings is 2. The molecule has 0 radical (unpaired) electrons. The second kappa shape index (κ2) is 7.41. The average Bonchev–Trinajstić information content (AvgIpc) is 2.51. The summed E-state index contributed by atoms with van der Waals surface area (Å²) in [7, 11) is -0.917. The number of hydrogen-bond donors (Lipinski definition) is 0. The number of ether oxygens (including phenoxy) is 1. The number of halogens is 3. The zero-order valence-electron chi connectivity index (χ0n) is 12.6. The van der Waals surface area contributed by atoms with Crippen LogP contribution in [0.25, 0.3) is 0 Å². The van der Waals surface area contributed by atoms with Crippen molar-refractivity contribution < 1.29 is 17.9 Å². The van der Waals surface area contributed by atoms with E-state index in [1.54, 1.807) is 12.1 Å². The molecule has 0 atom stereocenters. The molecule has 0 spiro atoms. The van der Waals surface area contributed by atoms with E-state index in [9.17, 15) is 13.2 Å². The molecule has 0 aliphatic heterocycles. The Hall–Kier alpha value is -1.12. The van der Waals surface area contributed by atoms with Crippen molar-refractivity contribution in [2.75, 3.05) is 14.1 Å². The largest absolute Gasteiger partial charge is 0.421 e. The van der Waals surface area contributed by atoms with Crippen molar-refractivity contribution in [3.63, 3.8) is 0 Å². The van der Waals surface area contributed by atoms with Gasteiger partial charge in [-0.05, 0) is 46.3 Å². The van der Waals surface area contributed by atoms with Gasteiger partial charge >= 0.3 is 5.97 Å². The van der Waals surface area contributed by atoms with E-state index in [2.05, 4.69) is 15.9 Å². The van der Waals surface area contributed by atoms with Gasteiger partial charge in [-0.15, -0.1) is 0 Å². The molecular formula is C15H12BrCl2NO4S. The number of carbonyl (C=O) groups excluding carboxylic acids is 1. The van der Waals surface area contributed by atoms with Crippen LogP contribution in [0, 0.1) is 0 Å². The molecule has 0 N–H and O–H groups in total. The molecule has 128 valence electrons. The van der Waals surface area contributed by atoms with Gasteiger partial charge in [0.25, 0.3) is 0 Å². The minimum Gasteiger partial charge on any atom is -0.421 e. The number of sulfonamides is 1. The lowest BCUT2D eigenvalue weighted by molar-refractivity contribution is 0.0734. The smallest absolute Gasteiger partial charge is 0.343 e. The minimum atomic E-state index is -3.72. The zero-order chi connectivity index (χ0) is 18.1. The summed E-state index contributed by atoms with van der Waals surface area (Å²) in [4.78, 5) is 12.2. The number of rotatable bonds is 4. The first-order valence-corrected chi connectivity index (χ1v) is 9.51. The number of esters is 1. The highest BCUT2D eigenvalue weighted by Gasteiger charge is 2.23. The van der Waals surface area contributed by atoms with Crippen molar-refractivity contribution in [1.29, 1.82) is 0 Å². The molecule has 0 fully saturated rings. The van der Waals surface area contributed by atoms with E-state index >= 15 is 0 Å². The van der Waals surface area contributed by atoms with E-state index in [1.165, 1.54) is 38.4 Å². The van der Waals surface area contributed by atoms with Gasteiger partial charge in [0.15, 0.2) is 5.75 Å². The van der Waals surface area contributed by atoms with Crippen LogP contribution in [-0.2, 0) is 10.0 Å². The van der Waals surface area contributed by atoms with Crippen LogP contribution in [0.1, 0.15) is 10.4 Å². The molecule has 0 heterocycles. The third kappa shape index (κ3) is 3.92. The van der Waals surface area contributed by atoms with Crippen LogP contribution in [0.15, 0.2) is 45.8 Å². The number of nitrogens with zero attached hydrogens (tertiary/aromatic N) is 1. The van der Waals surface area contributed by atoms with E-state index in [0.717, 1.165) is 4.31 Å². The molecule has 2 aromatic carbocycles. The van der Waals surface area contributed by atoms with Crippen molar-refractivity contribution in [1.82, 2.24) is 4.31 Å². The Labute approximate surface area is 158 Å². The van der Waals surface area contributed by atoms with Crippen LogP contribution in [0.4, 0.5) is 0 Å². The van der Waals surface area contributed by atoms with Gasteiger partial charge in [0, 0.05) is 18.6 Å². The van der Waals surface area contributed by atoms with Gasteiger partial charge in [0.05, 0.1) is 15.5 Å². The van der Waals surface area contributed by atoms with Crippen molar-refractivity contribution in [2.24, 2.45) is 0 Å². The van der Waals surface area contributed by atoms with Crippen LogP contribution in [0.2, 0.25) is 10.0 Å². The molecule has 0 saturated carbocycles. The first-order chi connectivity index (χ1) is 11.1. The first-order valence-electron chi connectivity index (χ1n) is 6.53. The molecule has 5 nitrogen and oxygen atoms in total. The summed E-state index contributed by atoms with van der Waals surface area (Å²) in [5.74, 6) is -0.657. The predicted octanol–water partition coefficient (Wildman–Crippen LogP) is 4.23. The molecule has 0 amide bonds. The molecule has 0 aromatic heterocycles. The highest BCUT2D eigenvalue weighted by molar-refractivity contribution is 9.10. The van der Waals surface area contributed by atoms with Crippen molar-refractivity contribution in [2.45, 2.75) is 4.90 Å². The van der Waals surface area contributed by atoms with E-state index in [-0.39, 0.29) is 26.3 Å². The molecule has 2 aromatic rings. The van der Waals surface area contributed by atoms with Gasteiger partial charge in [-0.1, -0.05) is 29.3 Å². The van der Waals surface area contributed by atoms with Crippen LogP contribution in [0.5, 0.6) is 5.75 Å². The Morgan fingerprint density at radius 1 is 1.17 bits per heavy atom. The maximum atomic E-state index is 12.3. The average molecular weight is 453 g/mol. The third-order valence-corrected chi connectivity index (χ3v) is 6.65. The van der Waals surface area contributed by atoms with Crippen LogP contribution in [0.3, 0.4) is 0 Å². The molecule has 0 aliphatic carbocycles. The Kier molecular flexibility index (Phi) is 5.93. The topological polar surface area (TPSA) is 63.7 Å². The fraction of sp³-hybridized carbons (Fsp3) is 0.133. The Morgan fingerprint density at radius 3 is 2.46 bits per heavy atom. The highest BCUT2D eigenvalue weighted by Crippen LogP contribution is 2.32. The summed E-state index contributed by atoms with van der Waals surface area (Å²) in [5.41, 5.74) is 0.0645. The fourth-order valence-electron chi connectivity index (χ4n) is 1.75. The van der Waals surface area contributed by atoms with Gasteiger partial charge in [0.2, 0.25) is 10.0 Å². The van der Waals surface area contributed by atoms with Gasteiger partial charge in [-0.2, -0.15) is 0 Å². The molecule has 2 rings (SSSR count). The molecule has 0 saturated heterocycles. The van der Waals surface area contributed by atoms with Crippen LogP contribution < -0.4 is 4.74 Å². The van der Waals surface area contributed by atoms with Gasteiger partial charge in [-0.25, -0.2) is 17.5 Å². The minimum absolute atomic E-state index is 0.0425. The summed E-state index contributed by atoms with van der Waals surface area (Å²) in [5, 5.41) is 0.347. The summed E-state index contributed by atoms with van der Waals surface area (Å²) in [6, 6.07) is 8.78. The van der Waals surface area contributed by atoms with E-state index in [0.29, 0.717) is 4.47 Å². The molecule has 0 aliphatic rings. The quantitative estimate of drug-likeness (QED) is 0.514. The fourth-order valence-corrected chi connectivity index (χ4v) is 3.92. The Morgan fingerprint density at radius 2 is 1.83 bits per heavy atom. The summed E-state index contributed by atoms with van der Waals surface area (Å²) in [6.07, 6.45) is 0. The number of hydrogen-bond acceptors (Lipinski definition) is 4. The Balaban J connectivity index is 2.40. The standard InChI is InChI=1S/C15H12BrCl2NO4S/c1-19(2)24(21,22)13-8-9(6-7-10(13)16)15(20)23-12-5-3-4-11(17)14(12)18/h3-8H,1-2H3. The molecule has 9 heteroatoms.